The molecule has 0 aliphatic heterocycles. The maximum atomic E-state index is 10.8. The summed E-state index contributed by atoms with van der Waals surface area (Å²) in [7, 11) is 58.2. The number of aryl methyl sites for hydroxylation is 5. The van der Waals surface area contributed by atoms with Gasteiger partial charge < -0.3 is 25.5 Å². The van der Waals surface area contributed by atoms with Crippen LogP contribution in [0.5, 0.6) is 28.7 Å². The summed E-state index contributed by atoms with van der Waals surface area (Å²) >= 11 is -4.13. The van der Waals surface area contributed by atoms with E-state index in [1.54, 1.807) is 66.3 Å². The molecule has 0 radical (unpaired) electrons. The van der Waals surface area contributed by atoms with E-state index >= 15 is 0 Å². The van der Waals surface area contributed by atoms with Crippen molar-refractivity contribution >= 4 is 116 Å². The van der Waals surface area contributed by atoms with Crippen molar-refractivity contribution in [3.8, 4) is 28.7 Å². The van der Waals surface area contributed by atoms with Crippen LogP contribution in [0.3, 0.4) is 0 Å². The van der Waals surface area contributed by atoms with Crippen LogP contribution in [-0.2, 0) is 131 Å². The number of phenolic OH excluding ortho intramolecular Hbond substituents is 5. The Balaban J connectivity index is 0.000000141. The summed E-state index contributed by atoms with van der Waals surface area (Å²) in [6.45, 7) is 10.7. The Morgan fingerprint density at radius 2 is 0.325 bits per heavy atom. The Morgan fingerprint density at radius 1 is 0.225 bits per heavy atom. The standard InChI is InChI=1S/5C19H25NO.10ClH.5Zr/c5*1-12-3-16(11-20-2)18(21)17(4-12)19-8-13-5-14(9-19)7-15(6-13)10-19;;;;;;;;;;;;;;;/h5*3-4,11,13-15,21H,5-10H2,1-2H3;10*1H;;;;;/q;;;;;;;;;;;;;;;5*+2/p-10. The number of phenols is 5. The van der Waals surface area contributed by atoms with Gasteiger partial charge in [0.1, 0.15) is 28.7 Å². The van der Waals surface area contributed by atoms with E-state index in [2.05, 4.69) is 89.9 Å². The summed E-state index contributed by atoms with van der Waals surface area (Å²) in [6, 6.07) is 21.5. The molecular weight excluding hydrogens is 2100 g/mol. The van der Waals surface area contributed by atoms with Gasteiger partial charge in [0.15, 0.2) is 0 Å². The second-order valence-electron chi connectivity index (χ2n) is 39.5. The molecule has 5 aromatic carbocycles. The number of nitrogens with zero attached hydrogens (tertiary/aromatic N) is 5. The first-order valence-corrected chi connectivity index (χ1v) is 75.3. The van der Waals surface area contributed by atoms with Gasteiger partial charge in [-0.1, -0.05) is 30.3 Å². The Kier molecular flexibility index (Phi) is 39.2. The summed E-state index contributed by atoms with van der Waals surface area (Å²) in [4.78, 5) is 20.6. The molecule has 650 valence electrons. The molecule has 10 nitrogen and oxygen atoms in total. The van der Waals surface area contributed by atoms with Crippen molar-refractivity contribution in [1.82, 2.24) is 0 Å². The molecule has 20 aliphatic rings. The molecule has 0 unspecified atom stereocenters. The molecule has 5 N–H and O–H groups in total. The zero-order valence-electron chi connectivity index (χ0n) is 71.8. The minimum absolute atomic E-state index is 0.251. The van der Waals surface area contributed by atoms with Crippen molar-refractivity contribution in [1.29, 1.82) is 0 Å². The quantitative estimate of drug-likeness (QED) is 0.0878. The fraction of sp³-hybridized carbons (Fsp3) is 0.632. The Labute approximate surface area is 811 Å². The van der Waals surface area contributed by atoms with Crippen molar-refractivity contribution in [2.24, 2.45) is 114 Å². The molecule has 20 fully saturated rings. The van der Waals surface area contributed by atoms with Crippen LogP contribution < -0.4 is 0 Å². The third-order valence-electron chi connectivity index (χ3n) is 30.8. The molecule has 25 rings (SSSR count). The molecule has 20 bridgehead atoms. The molecule has 0 saturated heterocycles. The average molecular weight is 2230 g/mol. The van der Waals surface area contributed by atoms with Crippen LogP contribution in [0.15, 0.2) is 85.6 Å². The predicted octanol–water partition coefficient (Wildman–Crippen LogP) is 28.0. The molecule has 5 aromatic rings. The van der Waals surface area contributed by atoms with E-state index < -0.39 is 104 Å². The summed E-state index contributed by atoms with van der Waals surface area (Å²) < 4.78 is 0. The van der Waals surface area contributed by atoms with Crippen LogP contribution in [0.2, 0.25) is 0 Å². The van der Waals surface area contributed by atoms with E-state index in [1.807, 2.05) is 30.3 Å². The monoisotopic (exact) mass is 2220 g/mol. The van der Waals surface area contributed by atoms with Crippen LogP contribution >= 0.6 is 85.1 Å². The number of halogens is 10. The zero-order chi connectivity index (χ0) is 86.6. The van der Waals surface area contributed by atoms with Gasteiger partial charge in [-0.25, -0.2) is 0 Å². The average Bonchev–Trinajstić information content (AvgIpc) is 0.752. The molecule has 120 heavy (non-hydrogen) atoms. The molecule has 0 amide bonds. The van der Waals surface area contributed by atoms with Gasteiger partial charge in [0.2, 0.25) is 0 Å². The summed E-state index contributed by atoms with van der Waals surface area (Å²) in [5, 5.41) is 54.1. The molecule has 0 atom stereocenters. The van der Waals surface area contributed by atoms with E-state index in [4.69, 9.17) is 85.1 Å². The molecule has 0 spiro atoms. The van der Waals surface area contributed by atoms with Crippen molar-refractivity contribution < 1.29 is 130 Å². The molecular formula is C95H125Cl10N5O5Zr5. The van der Waals surface area contributed by atoms with Gasteiger partial charge in [-0.15, -0.1) is 0 Å². The molecule has 25 heteroatoms. The van der Waals surface area contributed by atoms with Crippen LogP contribution in [0, 0.1) is 123 Å². The van der Waals surface area contributed by atoms with E-state index in [0.717, 1.165) is 117 Å². The van der Waals surface area contributed by atoms with Gasteiger partial charge in [0.05, 0.1) is 0 Å². The number of rotatable bonds is 10. The number of hydrogen-bond donors (Lipinski definition) is 5. The first-order chi connectivity index (χ1) is 57.5. The van der Waals surface area contributed by atoms with Crippen LogP contribution in [0.1, 0.15) is 276 Å². The number of hydrogen-bond acceptors (Lipinski definition) is 10. The molecule has 0 heterocycles. The number of aromatic hydroxyl groups is 5. The van der Waals surface area contributed by atoms with Crippen molar-refractivity contribution in [2.45, 2.75) is 254 Å². The fourth-order valence-electron chi connectivity index (χ4n) is 29.4. The predicted molar refractivity (Wildman–Crippen MR) is 490 cm³/mol. The topological polar surface area (TPSA) is 163 Å². The summed E-state index contributed by atoms with van der Waals surface area (Å²) in [6.07, 6.45) is 49.9. The zero-order valence-corrected chi connectivity index (χ0v) is 91.6. The number of benzene rings is 5. The third kappa shape index (κ3) is 24.2. The Hall–Kier alpha value is 0.766. The minimum atomic E-state index is -0.826. The van der Waals surface area contributed by atoms with Crippen LogP contribution in [0.4, 0.5) is 0 Å². The van der Waals surface area contributed by atoms with Crippen LogP contribution in [-0.4, -0.2) is 91.8 Å². The van der Waals surface area contributed by atoms with Gasteiger partial charge in [-0.05, 0) is 401 Å². The maximum absolute atomic E-state index is 10.8. The van der Waals surface area contributed by atoms with E-state index in [9.17, 15) is 25.5 Å². The fourth-order valence-corrected chi connectivity index (χ4v) is 29.4. The van der Waals surface area contributed by atoms with Crippen molar-refractivity contribution in [3.05, 3.63) is 144 Å². The first-order valence-electron chi connectivity index (χ1n) is 43.7. The molecule has 0 aromatic heterocycles. The second kappa shape index (κ2) is 46.4. The van der Waals surface area contributed by atoms with Gasteiger partial charge in [-0.2, -0.15) is 0 Å². The Bertz CT molecular complexity index is 3620. The van der Waals surface area contributed by atoms with Crippen molar-refractivity contribution in [2.75, 3.05) is 35.2 Å². The third-order valence-corrected chi connectivity index (χ3v) is 30.8. The molecule has 20 saturated carbocycles. The summed E-state index contributed by atoms with van der Waals surface area (Å²) in [5.41, 5.74) is 18.0. The Morgan fingerprint density at radius 3 is 0.417 bits per heavy atom. The SMILES string of the molecule is CN=Cc1cc(C)cc(C23CC4CC(CC(C4)C2)C3)c1O.CN=Cc1cc(C)cc(C23CC4CC(CC(C4)C2)C3)c1O.CN=Cc1cc(C)cc(C23CC4CC(CC(C4)C2)C3)c1O.CN=Cc1cc(C)cc(C23CC4CC(CC(C4)C2)C3)c1O.CN=Cc1cc(C)cc(C23CC4CC(CC(C4)C2)C3)c1O.[Cl][Zr][Cl].[Cl][Zr][Cl].[Cl][Zr][Cl].[Cl][Zr][Cl].[Cl][Zr][Cl]. The van der Waals surface area contributed by atoms with E-state index in [-0.39, 0.29) is 27.1 Å². The number of aliphatic imine (C=N–C) groups is 5. The molecule has 20 aliphatic carbocycles. The normalized spacial score (nSPS) is 33.4. The summed E-state index contributed by atoms with van der Waals surface area (Å²) in [5.74, 6) is 16.0. The van der Waals surface area contributed by atoms with Crippen LogP contribution in [0.25, 0.3) is 0 Å². The van der Waals surface area contributed by atoms with Gasteiger partial charge >= 0.3 is 189 Å². The second-order valence-corrected chi connectivity index (χ2v) is 58.2. The van der Waals surface area contributed by atoms with Gasteiger partial charge in [-0.3, -0.25) is 25.0 Å². The van der Waals surface area contributed by atoms with Crippen molar-refractivity contribution in [3.63, 3.8) is 0 Å². The van der Waals surface area contributed by atoms with E-state index in [1.165, 1.54) is 248 Å². The van der Waals surface area contributed by atoms with Gasteiger partial charge in [0, 0.05) is 122 Å². The van der Waals surface area contributed by atoms with E-state index in [0.29, 0.717) is 28.7 Å². The first kappa shape index (κ1) is 101. The van der Waals surface area contributed by atoms with Gasteiger partial charge in [0.25, 0.3) is 0 Å².